The molecule has 0 bridgehead atoms. The van der Waals surface area contributed by atoms with Gasteiger partial charge in [-0.25, -0.2) is 0 Å². The second kappa shape index (κ2) is 6.02. The van der Waals surface area contributed by atoms with E-state index in [1.165, 1.54) is 18.4 Å². The van der Waals surface area contributed by atoms with Crippen molar-refractivity contribution in [1.82, 2.24) is 5.32 Å². The monoisotopic (exact) mass is 219 g/mol. The average Bonchev–Trinajstić information content (AvgIpc) is 3.14. The Labute approximate surface area is 98.0 Å². The van der Waals surface area contributed by atoms with Gasteiger partial charge in [-0.1, -0.05) is 30.3 Å². The highest BCUT2D eigenvalue weighted by atomic mass is 16.5. The quantitative estimate of drug-likeness (QED) is 0.761. The molecule has 2 heteroatoms. The molecule has 1 aliphatic rings. The van der Waals surface area contributed by atoms with E-state index in [9.17, 15) is 0 Å². The van der Waals surface area contributed by atoms with Crippen LogP contribution < -0.4 is 5.32 Å². The Bertz CT molecular complexity index is 295. The predicted molar refractivity (Wildman–Crippen MR) is 66.7 cm³/mol. The van der Waals surface area contributed by atoms with Gasteiger partial charge >= 0.3 is 0 Å². The number of methoxy groups -OCH3 is 1. The van der Waals surface area contributed by atoms with Crippen molar-refractivity contribution < 1.29 is 4.74 Å². The molecule has 0 aromatic heterocycles. The molecule has 0 saturated heterocycles. The Hall–Kier alpha value is -0.860. The van der Waals surface area contributed by atoms with Crippen LogP contribution in [0.5, 0.6) is 0 Å². The lowest BCUT2D eigenvalue weighted by Gasteiger charge is -2.17. The Morgan fingerprint density at radius 2 is 2.06 bits per heavy atom. The minimum Gasteiger partial charge on any atom is -0.385 e. The standard InChI is InChI=1S/C14H21NO/c1-16-10-9-13(11-15-14-7-8-14)12-5-3-2-4-6-12/h2-6,13-15H,7-11H2,1H3. The summed E-state index contributed by atoms with van der Waals surface area (Å²) in [5.74, 6) is 0.585. The van der Waals surface area contributed by atoms with Crippen LogP contribution >= 0.6 is 0 Å². The lowest BCUT2D eigenvalue weighted by molar-refractivity contribution is 0.187. The molecule has 1 unspecified atom stereocenters. The van der Waals surface area contributed by atoms with Gasteiger partial charge in [-0.05, 0) is 30.7 Å². The predicted octanol–water partition coefficient (Wildman–Crippen LogP) is 2.56. The molecule has 1 aromatic rings. The highest BCUT2D eigenvalue weighted by Gasteiger charge is 2.22. The Balaban J connectivity index is 1.89. The summed E-state index contributed by atoms with van der Waals surface area (Å²) in [6, 6.07) is 11.5. The van der Waals surface area contributed by atoms with E-state index in [2.05, 4.69) is 35.6 Å². The molecule has 0 amide bonds. The summed E-state index contributed by atoms with van der Waals surface area (Å²) < 4.78 is 5.19. The van der Waals surface area contributed by atoms with Crippen LogP contribution in [0.3, 0.4) is 0 Å². The molecule has 2 rings (SSSR count). The summed E-state index contributed by atoms with van der Waals surface area (Å²) >= 11 is 0. The molecular weight excluding hydrogens is 198 g/mol. The van der Waals surface area contributed by atoms with E-state index < -0.39 is 0 Å². The number of benzene rings is 1. The number of ether oxygens (including phenoxy) is 1. The molecular formula is C14H21NO. The fourth-order valence-electron chi connectivity index (χ4n) is 1.97. The van der Waals surface area contributed by atoms with Crippen LogP contribution in [-0.2, 0) is 4.74 Å². The minimum atomic E-state index is 0.585. The smallest absolute Gasteiger partial charge is 0.0468 e. The first-order chi connectivity index (χ1) is 7.90. The first-order valence-electron chi connectivity index (χ1n) is 6.17. The van der Waals surface area contributed by atoms with Crippen molar-refractivity contribution in [2.24, 2.45) is 0 Å². The fraction of sp³-hybridized carbons (Fsp3) is 0.571. The summed E-state index contributed by atoms with van der Waals surface area (Å²) in [5, 5.41) is 3.61. The van der Waals surface area contributed by atoms with Crippen LogP contribution in [0.1, 0.15) is 30.7 Å². The summed E-state index contributed by atoms with van der Waals surface area (Å²) in [7, 11) is 1.77. The summed E-state index contributed by atoms with van der Waals surface area (Å²) in [4.78, 5) is 0. The minimum absolute atomic E-state index is 0.585. The molecule has 0 heterocycles. The molecule has 1 N–H and O–H groups in total. The van der Waals surface area contributed by atoms with Crippen molar-refractivity contribution in [2.45, 2.75) is 31.2 Å². The molecule has 1 aromatic carbocycles. The van der Waals surface area contributed by atoms with E-state index in [4.69, 9.17) is 4.74 Å². The van der Waals surface area contributed by atoms with Gasteiger partial charge in [0.15, 0.2) is 0 Å². The van der Waals surface area contributed by atoms with Crippen molar-refractivity contribution in [3.8, 4) is 0 Å². The third-order valence-electron chi connectivity index (χ3n) is 3.17. The highest BCUT2D eigenvalue weighted by Crippen LogP contribution is 2.23. The average molecular weight is 219 g/mol. The highest BCUT2D eigenvalue weighted by molar-refractivity contribution is 5.20. The molecule has 1 saturated carbocycles. The zero-order valence-electron chi connectivity index (χ0n) is 9.99. The second-order valence-electron chi connectivity index (χ2n) is 4.57. The second-order valence-corrected chi connectivity index (χ2v) is 4.57. The van der Waals surface area contributed by atoms with Crippen molar-refractivity contribution in [3.05, 3.63) is 35.9 Å². The molecule has 0 aliphatic heterocycles. The normalized spacial score (nSPS) is 17.3. The van der Waals surface area contributed by atoms with Crippen molar-refractivity contribution >= 4 is 0 Å². The van der Waals surface area contributed by atoms with Gasteiger partial charge in [0.1, 0.15) is 0 Å². The molecule has 1 atom stereocenters. The van der Waals surface area contributed by atoms with Gasteiger partial charge in [0.25, 0.3) is 0 Å². The van der Waals surface area contributed by atoms with E-state index >= 15 is 0 Å². The first-order valence-corrected chi connectivity index (χ1v) is 6.17. The van der Waals surface area contributed by atoms with Gasteiger partial charge in [-0.15, -0.1) is 0 Å². The van der Waals surface area contributed by atoms with E-state index in [0.29, 0.717) is 5.92 Å². The van der Waals surface area contributed by atoms with E-state index in [0.717, 1.165) is 25.6 Å². The van der Waals surface area contributed by atoms with Gasteiger partial charge in [-0.3, -0.25) is 0 Å². The maximum absolute atomic E-state index is 5.19. The zero-order valence-corrected chi connectivity index (χ0v) is 9.99. The van der Waals surface area contributed by atoms with Gasteiger partial charge in [0.2, 0.25) is 0 Å². The van der Waals surface area contributed by atoms with E-state index in [1.54, 1.807) is 7.11 Å². The number of nitrogens with one attached hydrogen (secondary N) is 1. The van der Waals surface area contributed by atoms with Crippen LogP contribution in [0.2, 0.25) is 0 Å². The molecule has 88 valence electrons. The summed E-state index contributed by atoms with van der Waals surface area (Å²) in [5.41, 5.74) is 1.42. The van der Waals surface area contributed by atoms with E-state index in [-0.39, 0.29) is 0 Å². The van der Waals surface area contributed by atoms with Gasteiger partial charge < -0.3 is 10.1 Å². The van der Waals surface area contributed by atoms with Crippen LogP contribution in [0.25, 0.3) is 0 Å². The van der Waals surface area contributed by atoms with Crippen LogP contribution in [0, 0.1) is 0 Å². The molecule has 2 nitrogen and oxygen atoms in total. The maximum atomic E-state index is 5.19. The Morgan fingerprint density at radius 3 is 2.69 bits per heavy atom. The van der Waals surface area contributed by atoms with Gasteiger partial charge in [0.05, 0.1) is 0 Å². The van der Waals surface area contributed by atoms with Gasteiger partial charge in [-0.2, -0.15) is 0 Å². The third kappa shape index (κ3) is 3.62. The van der Waals surface area contributed by atoms with Crippen molar-refractivity contribution in [2.75, 3.05) is 20.3 Å². The van der Waals surface area contributed by atoms with Crippen LogP contribution in [-0.4, -0.2) is 26.3 Å². The fourth-order valence-corrected chi connectivity index (χ4v) is 1.97. The van der Waals surface area contributed by atoms with Gasteiger partial charge in [0, 0.05) is 26.3 Å². The Kier molecular flexibility index (Phi) is 4.37. The summed E-state index contributed by atoms with van der Waals surface area (Å²) in [6.45, 7) is 1.92. The largest absolute Gasteiger partial charge is 0.385 e. The van der Waals surface area contributed by atoms with Crippen LogP contribution in [0.4, 0.5) is 0 Å². The summed E-state index contributed by atoms with van der Waals surface area (Å²) in [6.07, 6.45) is 3.80. The topological polar surface area (TPSA) is 21.3 Å². The third-order valence-corrected chi connectivity index (χ3v) is 3.17. The Morgan fingerprint density at radius 1 is 1.31 bits per heavy atom. The molecule has 1 fully saturated rings. The molecule has 16 heavy (non-hydrogen) atoms. The number of hydrogen-bond donors (Lipinski definition) is 1. The lowest BCUT2D eigenvalue weighted by Crippen LogP contribution is -2.24. The zero-order chi connectivity index (χ0) is 11.2. The number of rotatable bonds is 7. The van der Waals surface area contributed by atoms with E-state index in [1.807, 2.05) is 0 Å². The number of hydrogen-bond acceptors (Lipinski definition) is 2. The molecule has 0 radical (unpaired) electrons. The first kappa shape index (κ1) is 11.6. The molecule has 1 aliphatic carbocycles. The van der Waals surface area contributed by atoms with Crippen molar-refractivity contribution in [1.29, 1.82) is 0 Å². The molecule has 0 spiro atoms. The lowest BCUT2D eigenvalue weighted by atomic mass is 9.96. The maximum Gasteiger partial charge on any atom is 0.0468 e. The SMILES string of the molecule is COCCC(CNC1CC1)c1ccccc1. The van der Waals surface area contributed by atoms with Crippen LogP contribution in [0.15, 0.2) is 30.3 Å². The van der Waals surface area contributed by atoms with Crippen molar-refractivity contribution in [3.63, 3.8) is 0 Å².